The van der Waals surface area contributed by atoms with Crippen molar-refractivity contribution in [2.75, 3.05) is 13.7 Å². The first-order chi connectivity index (χ1) is 23.5. The molecule has 0 saturated carbocycles. The first kappa shape index (κ1) is 40.2. The van der Waals surface area contributed by atoms with Crippen molar-refractivity contribution in [2.45, 2.75) is 142 Å². The number of carbonyl (C=O) groups is 1. The van der Waals surface area contributed by atoms with E-state index >= 15 is 0 Å². The molecule has 2 bridgehead atoms. The Kier molecular flexibility index (Phi) is 13.5. The maximum atomic E-state index is 14.2. The number of allylic oxidation sites excluding steroid dienone is 5. The zero-order valence-corrected chi connectivity index (χ0v) is 31.7. The van der Waals surface area contributed by atoms with Gasteiger partial charge in [-0.2, -0.15) is 0 Å². The van der Waals surface area contributed by atoms with Crippen molar-refractivity contribution in [1.29, 1.82) is 0 Å². The number of hydrogen-bond donors (Lipinski definition) is 3. The summed E-state index contributed by atoms with van der Waals surface area (Å²) in [4.78, 5) is 19.4. The fourth-order valence-electron chi connectivity index (χ4n) is 7.94. The Balaban J connectivity index is 0.00000133. The van der Waals surface area contributed by atoms with Crippen LogP contribution in [-0.4, -0.2) is 88.7 Å². The quantitative estimate of drug-likeness (QED) is 0.181. The number of nitrogens with zero attached hydrogens (tertiary/aromatic N) is 1. The molecule has 3 N–H and O–H groups in total. The minimum absolute atomic E-state index is 0.0340. The van der Waals surface area contributed by atoms with Crippen molar-refractivity contribution in [2.24, 2.45) is 28.8 Å². The summed E-state index contributed by atoms with van der Waals surface area (Å²) in [5.74, 6) is -2.15. The Morgan fingerprint density at radius 2 is 1.84 bits per heavy atom. The lowest BCUT2D eigenvalue weighted by Crippen LogP contribution is -2.59. The third-order valence-electron chi connectivity index (χ3n) is 10.1. The molecule has 0 aromatic carbocycles. The van der Waals surface area contributed by atoms with Gasteiger partial charge in [0, 0.05) is 31.3 Å². The van der Waals surface area contributed by atoms with Gasteiger partial charge in [0.1, 0.15) is 36.9 Å². The van der Waals surface area contributed by atoms with Crippen LogP contribution < -0.4 is 0 Å². The number of hydrogen-bond acceptors (Lipinski definition) is 10. The van der Waals surface area contributed by atoms with Crippen molar-refractivity contribution in [3.63, 3.8) is 0 Å². The van der Waals surface area contributed by atoms with Gasteiger partial charge in [0.2, 0.25) is 0 Å². The highest BCUT2D eigenvalue weighted by Crippen LogP contribution is 2.47. The third kappa shape index (κ3) is 9.24. The van der Waals surface area contributed by atoms with E-state index in [-0.39, 0.29) is 36.8 Å². The van der Waals surface area contributed by atoms with Crippen LogP contribution in [0.25, 0.3) is 0 Å². The van der Waals surface area contributed by atoms with Crippen molar-refractivity contribution < 1.29 is 43.9 Å². The van der Waals surface area contributed by atoms with Crippen LogP contribution in [0.1, 0.15) is 94.4 Å². The van der Waals surface area contributed by atoms with Crippen molar-refractivity contribution in [1.82, 2.24) is 0 Å². The first-order valence-electron chi connectivity index (χ1n) is 18.3. The number of carbonyl (C=O) groups excluding carboxylic acids is 1. The van der Waals surface area contributed by atoms with E-state index in [1.807, 2.05) is 12.2 Å². The van der Waals surface area contributed by atoms with Gasteiger partial charge in [-0.05, 0) is 76.0 Å². The second kappa shape index (κ2) is 16.8. The fraction of sp³-hybridized carbons (Fsp3) is 0.700. The van der Waals surface area contributed by atoms with Gasteiger partial charge in [0.05, 0.1) is 24.5 Å². The molecule has 50 heavy (non-hydrogen) atoms. The number of esters is 1. The highest BCUT2D eigenvalue weighted by molar-refractivity contribution is 5.88. The predicted octanol–water partition coefficient (Wildman–Crippen LogP) is 6.12. The lowest BCUT2D eigenvalue weighted by atomic mass is 9.71. The minimum atomic E-state index is -1.74. The molecule has 280 valence electrons. The molecule has 3 saturated heterocycles. The molecule has 1 spiro atoms. The first-order valence-corrected chi connectivity index (χ1v) is 18.3. The smallest absolute Gasteiger partial charge is 0.316 e. The highest BCUT2D eigenvalue weighted by atomic mass is 16.7. The average Bonchev–Trinajstić information content (AvgIpc) is 3.35. The third-order valence-corrected chi connectivity index (χ3v) is 10.1. The largest absolute Gasteiger partial charge is 0.462 e. The van der Waals surface area contributed by atoms with Crippen LogP contribution in [0.4, 0.5) is 0 Å². The number of oxime groups is 1. The minimum Gasteiger partial charge on any atom is -0.462 e. The summed E-state index contributed by atoms with van der Waals surface area (Å²) in [6, 6.07) is 0. The molecule has 0 aromatic heterocycles. The van der Waals surface area contributed by atoms with E-state index in [0.29, 0.717) is 42.7 Å². The molecular formula is C40H61NO9. The van der Waals surface area contributed by atoms with Crippen LogP contribution in [0.5, 0.6) is 0 Å². The zero-order valence-electron chi connectivity index (χ0n) is 31.7. The van der Waals surface area contributed by atoms with Gasteiger partial charge in [0.25, 0.3) is 0 Å². The molecule has 3 fully saturated rings. The summed E-state index contributed by atoms with van der Waals surface area (Å²) >= 11 is 0. The molecule has 0 aromatic rings. The lowest BCUT2D eigenvalue weighted by Gasteiger charge is -2.50. The van der Waals surface area contributed by atoms with Crippen LogP contribution in [0.3, 0.4) is 0 Å². The maximum absolute atomic E-state index is 14.2. The SMILES string of the molecule is CC(C)O.CO/N=C1/C[C@]2(C[C@@H]3C[C@@H](C/C=C(\C)C[C@@H](C)/C=C/C=C4\CO[C@@H]5[C@H](O)C(C)=C[C@@H](C(=O)O3)[C@]45O)O2)O[C@H](/C(C)=C/C(C)C)[C@H]1C. The Morgan fingerprint density at radius 1 is 1.14 bits per heavy atom. The van der Waals surface area contributed by atoms with Gasteiger partial charge < -0.3 is 39.1 Å². The maximum Gasteiger partial charge on any atom is 0.316 e. The number of fused-ring (bicyclic) bond motifs is 2. The normalized spacial score (nSPS) is 41.7. The molecule has 1 aliphatic carbocycles. The molecule has 4 aliphatic heterocycles. The molecule has 5 rings (SSSR count). The van der Waals surface area contributed by atoms with Gasteiger partial charge in [0.15, 0.2) is 5.79 Å². The molecular weight excluding hydrogens is 638 g/mol. The molecule has 10 nitrogen and oxygen atoms in total. The van der Waals surface area contributed by atoms with Crippen molar-refractivity contribution in [3.05, 3.63) is 58.7 Å². The second-order valence-electron chi connectivity index (χ2n) is 15.6. The van der Waals surface area contributed by atoms with E-state index in [9.17, 15) is 15.0 Å². The number of rotatable bonds is 3. The molecule has 0 unspecified atom stereocenters. The molecule has 10 heteroatoms. The van der Waals surface area contributed by atoms with Gasteiger partial charge in [-0.1, -0.05) is 74.9 Å². The van der Waals surface area contributed by atoms with E-state index in [2.05, 4.69) is 64.9 Å². The lowest BCUT2D eigenvalue weighted by molar-refractivity contribution is -0.313. The summed E-state index contributed by atoms with van der Waals surface area (Å²) in [5.41, 5.74) is 2.54. The Bertz CT molecular complexity index is 1390. The Hall–Kier alpha value is -2.60. The van der Waals surface area contributed by atoms with E-state index in [1.54, 1.807) is 34.0 Å². The standard InChI is InChI=1S/C37H53NO8.C3H8O/c1-21(2)14-25(6)33-26(7)31(38-42-8)19-36(46-33)18-29-17-28(45-36)13-12-23(4)15-22(3)10-9-11-27-20-43-34-32(39)24(5)16-30(35(40)44-29)37(27,34)41;1-3(2)4/h9-12,14,16,21-22,26,28-30,32-34,39,41H,13,15,17-20H2,1-8H3;3-4H,1-2H3/b10-9+,23-12+,25-14+,27-11+,38-31-;/t22-,26-,28+,29-,30-,32+,33+,34+,36-,37+;/m0./s1. The molecule has 0 radical (unpaired) electrons. The second-order valence-corrected chi connectivity index (χ2v) is 15.6. The summed E-state index contributed by atoms with van der Waals surface area (Å²) < 4.78 is 26.0. The fourth-order valence-corrected chi connectivity index (χ4v) is 7.94. The summed E-state index contributed by atoms with van der Waals surface area (Å²) in [6.45, 7) is 18.0. The summed E-state index contributed by atoms with van der Waals surface area (Å²) in [7, 11) is 1.55. The Labute approximate surface area is 298 Å². The number of aliphatic hydroxyl groups is 3. The zero-order chi connectivity index (χ0) is 37.0. The molecule has 10 atom stereocenters. The van der Waals surface area contributed by atoms with Crippen LogP contribution >= 0.6 is 0 Å². The van der Waals surface area contributed by atoms with Gasteiger partial charge in [-0.25, -0.2) is 0 Å². The monoisotopic (exact) mass is 699 g/mol. The average molecular weight is 700 g/mol. The van der Waals surface area contributed by atoms with E-state index < -0.39 is 41.6 Å². The van der Waals surface area contributed by atoms with E-state index in [1.165, 1.54) is 5.57 Å². The molecule has 4 heterocycles. The van der Waals surface area contributed by atoms with Gasteiger partial charge >= 0.3 is 5.97 Å². The molecule has 5 aliphatic rings. The van der Waals surface area contributed by atoms with Crippen LogP contribution in [0, 0.1) is 23.7 Å². The number of aliphatic hydroxyl groups excluding tert-OH is 2. The predicted molar refractivity (Wildman–Crippen MR) is 193 cm³/mol. The summed E-state index contributed by atoms with van der Waals surface area (Å²) in [6.07, 6.45) is 11.2. The van der Waals surface area contributed by atoms with Crippen molar-refractivity contribution >= 4 is 11.7 Å². The van der Waals surface area contributed by atoms with Crippen LogP contribution in [-0.2, 0) is 28.6 Å². The van der Waals surface area contributed by atoms with E-state index in [4.69, 9.17) is 28.9 Å². The van der Waals surface area contributed by atoms with Crippen LogP contribution in [0.2, 0.25) is 0 Å². The molecule has 0 amide bonds. The van der Waals surface area contributed by atoms with Crippen molar-refractivity contribution in [3.8, 4) is 0 Å². The van der Waals surface area contributed by atoms with Gasteiger partial charge in [-0.15, -0.1) is 0 Å². The summed E-state index contributed by atoms with van der Waals surface area (Å²) in [5, 5.41) is 35.6. The highest BCUT2D eigenvalue weighted by Gasteiger charge is 2.60. The van der Waals surface area contributed by atoms with Crippen LogP contribution in [0.15, 0.2) is 63.9 Å². The Morgan fingerprint density at radius 3 is 2.50 bits per heavy atom. The topological polar surface area (TPSA) is 136 Å². The van der Waals surface area contributed by atoms with E-state index in [0.717, 1.165) is 17.7 Å². The number of ether oxygens (including phenoxy) is 4. The van der Waals surface area contributed by atoms with Gasteiger partial charge in [-0.3, -0.25) is 4.79 Å².